The predicted octanol–water partition coefficient (Wildman–Crippen LogP) is 2.62. The van der Waals surface area contributed by atoms with Crippen molar-refractivity contribution in [2.75, 3.05) is 11.4 Å². The maximum atomic E-state index is 10.9. The summed E-state index contributed by atoms with van der Waals surface area (Å²) in [6.07, 6.45) is 2.96. The highest BCUT2D eigenvalue weighted by Crippen LogP contribution is 2.31. The first-order chi connectivity index (χ1) is 8.58. The minimum Gasteiger partial charge on any atom is -0.481 e. The van der Waals surface area contributed by atoms with Crippen LogP contribution in [0.25, 0.3) is 0 Å². The molecular weight excluding hydrogens is 277 g/mol. The van der Waals surface area contributed by atoms with Gasteiger partial charge in [0.1, 0.15) is 0 Å². The Bertz CT molecular complexity index is 456. The lowest BCUT2D eigenvalue weighted by molar-refractivity contribution is -0.137. The topological polar surface area (TPSA) is 66.3 Å². The van der Waals surface area contributed by atoms with E-state index in [0.717, 1.165) is 25.8 Å². The zero-order valence-corrected chi connectivity index (χ0v) is 11.2. The van der Waals surface area contributed by atoms with Gasteiger partial charge in [-0.2, -0.15) is 0 Å². The highest BCUT2D eigenvalue weighted by Gasteiger charge is 2.27. The third kappa shape index (κ3) is 3.03. The van der Waals surface area contributed by atoms with E-state index in [2.05, 4.69) is 10.2 Å². The zero-order chi connectivity index (χ0) is 13.1. The fourth-order valence-electron chi connectivity index (χ4n) is 2.28. The van der Waals surface area contributed by atoms with Gasteiger partial charge < -0.3 is 10.0 Å². The largest absolute Gasteiger partial charge is 0.481 e. The Morgan fingerprint density at radius 2 is 2.22 bits per heavy atom. The first-order valence-electron chi connectivity index (χ1n) is 5.75. The van der Waals surface area contributed by atoms with Crippen molar-refractivity contribution >= 4 is 34.9 Å². The molecule has 2 heterocycles. The normalized spacial score (nSPS) is 19.9. The van der Waals surface area contributed by atoms with Crippen LogP contribution < -0.4 is 4.90 Å². The van der Waals surface area contributed by atoms with Crippen LogP contribution in [0, 0.1) is 0 Å². The Labute approximate surface area is 115 Å². The zero-order valence-electron chi connectivity index (χ0n) is 9.64. The molecule has 0 aliphatic carbocycles. The minimum absolute atomic E-state index is 0.0611. The van der Waals surface area contributed by atoms with Crippen LogP contribution in [0.15, 0.2) is 6.07 Å². The SMILES string of the molecule is O=C(O)CC1CCCCN1c1cc(Cl)nnc1Cl. The number of aromatic nitrogens is 2. The van der Waals surface area contributed by atoms with Crippen molar-refractivity contribution in [1.82, 2.24) is 10.2 Å². The first-order valence-corrected chi connectivity index (χ1v) is 6.50. The molecule has 0 amide bonds. The molecule has 0 saturated carbocycles. The van der Waals surface area contributed by atoms with E-state index in [4.69, 9.17) is 28.3 Å². The van der Waals surface area contributed by atoms with E-state index < -0.39 is 5.97 Å². The van der Waals surface area contributed by atoms with Gasteiger partial charge in [0.05, 0.1) is 12.1 Å². The number of carboxylic acids is 1. The lowest BCUT2D eigenvalue weighted by atomic mass is 9.99. The summed E-state index contributed by atoms with van der Waals surface area (Å²) in [5, 5.41) is 16.9. The summed E-state index contributed by atoms with van der Waals surface area (Å²) < 4.78 is 0. The van der Waals surface area contributed by atoms with Crippen molar-refractivity contribution in [3.8, 4) is 0 Å². The number of hydrogen-bond acceptors (Lipinski definition) is 4. The number of carboxylic acid groups (broad SMARTS) is 1. The Morgan fingerprint density at radius 3 is 2.94 bits per heavy atom. The molecule has 18 heavy (non-hydrogen) atoms. The molecule has 1 N–H and O–H groups in total. The molecule has 0 radical (unpaired) electrons. The van der Waals surface area contributed by atoms with Gasteiger partial charge in [-0.25, -0.2) is 0 Å². The van der Waals surface area contributed by atoms with Gasteiger partial charge in [-0.3, -0.25) is 4.79 Å². The van der Waals surface area contributed by atoms with E-state index in [1.54, 1.807) is 6.07 Å². The molecule has 1 aliphatic rings. The van der Waals surface area contributed by atoms with Gasteiger partial charge in [0.25, 0.3) is 0 Å². The maximum Gasteiger partial charge on any atom is 0.305 e. The molecule has 1 saturated heterocycles. The van der Waals surface area contributed by atoms with Gasteiger partial charge in [0.15, 0.2) is 10.3 Å². The van der Waals surface area contributed by atoms with E-state index in [-0.39, 0.29) is 22.8 Å². The van der Waals surface area contributed by atoms with Crippen LogP contribution >= 0.6 is 23.2 Å². The predicted molar refractivity (Wildman–Crippen MR) is 69.3 cm³/mol. The number of piperidine rings is 1. The Morgan fingerprint density at radius 1 is 1.44 bits per heavy atom. The quantitative estimate of drug-likeness (QED) is 0.927. The molecule has 7 heteroatoms. The van der Waals surface area contributed by atoms with Crippen LogP contribution in [-0.2, 0) is 4.79 Å². The van der Waals surface area contributed by atoms with E-state index >= 15 is 0 Å². The molecule has 1 aromatic rings. The first kappa shape index (κ1) is 13.4. The van der Waals surface area contributed by atoms with E-state index in [0.29, 0.717) is 5.69 Å². The van der Waals surface area contributed by atoms with Crippen LogP contribution in [0.5, 0.6) is 0 Å². The number of halogens is 2. The lowest BCUT2D eigenvalue weighted by Gasteiger charge is -2.36. The summed E-state index contributed by atoms with van der Waals surface area (Å²) in [7, 11) is 0. The molecule has 1 aliphatic heterocycles. The Balaban J connectivity index is 2.27. The van der Waals surface area contributed by atoms with E-state index in [1.807, 2.05) is 4.90 Å². The van der Waals surface area contributed by atoms with Gasteiger partial charge in [-0.05, 0) is 19.3 Å². The molecule has 1 aromatic heterocycles. The maximum absolute atomic E-state index is 10.9. The van der Waals surface area contributed by atoms with Crippen molar-refractivity contribution < 1.29 is 9.90 Å². The third-order valence-corrected chi connectivity index (χ3v) is 3.50. The summed E-state index contributed by atoms with van der Waals surface area (Å²) >= 11 is 11.8. The smallest absolute Gasteiger partial charge is 0.305 e. The minimum atomic E-state index is -0.809. The molecule has 0 bridgehead atoms. The molecule has 0 aromatic carbocycles. The number of hydrogen-bond donors (Lipinski definition) is 1. The van der Waals surface area contributed by atoms with Crippen LogP contribution in [-0.4, -0.2) is 33.9 Å². The number of rotatable bonds is 3. The molecule has 1 atom stereocenters. The van der Waals surface area contributed by atoms with E-state index in [9.17, 15) is 4.79 Å². The summed E-state index contributed by atoms with van der Waals surface area (Å²) in [5.74, 6) is -0.809. The number of nitrogens with zero attached hydrogens (tertiary/aromatic N) is 3. The van der Waals surface area contributed by atoms with Gasteiger partial charge in [0.2, 0.25) is 0 Å². The van der Waals surface area contributed by atoms with Crippen molar-refractivity contribution in [1.29, 1.82) is 0 Å². The third-order valence-electron chi connectivity index (χ3n) is 3.05. The monoisotopic (exact) mass is 289 g/mol. The molecule has 1 fully saturated rings. The molecule has 2 rings (SSSR count). The fourth-order valence-corrected chi connectivity index (χ4v) is 2.62. The van der Waals surface area contributed by atoms with Crippen LogP contribution in [0.4, 0.5) is 5.69 Å². The average molecular weight is 290 g/mol. The molecule has 0 spiro atoms. The highest BCUT2D eigenvalue weighted by atomic mass is 35.5. The van der Waals surface area contributed by atoms with Crippen LogP contribution in [0.1, 0.15) is 25.7 Å². The van der Waals surface area contributed by atoms with Crippen molar-refractivity contribution in [2.45, 2.75) is 31.7 Å². The molecule has 1 unspecified atom stereocenters. The number of aliphatic carboxylic acids is 1. The second kappa shape index (κ2) is 5.71. The Hall–Kier alpha value is -1.07. The van der Waals surface area contributed by atoms with Crippen LogP contribution in [0.3, 0.4) is 0 Å². The summed E-state index contributed by atoms with van der Waals surface area (Å²) in [6, 6.07) is 1.57. The highest BCUT2D eigenvalue weighted by molar-refractivity contribution is 6.33. The molecular formula is C11H13Cl2N3O2. The second-order valence-electron chi connectivity index (χ2n) is 4.28. The van der Waals surface area contributed by atoms with Gasteiger partial charge in [0, 0.05) is 18.7 Å². The van der Waals surface area contributed by atoms with Crippen molar-refractivity contribution in [3.05, 3.63) is 16.4 Å². The number of anilines is 1. The van der Waals surface area contributed by atoms with Gasteiger partial charge in [-0.1, -0.05) is 23.2 Å². The second-order valence-corrected chi connectivity index (χ2v) is 5.03. The van der Waals surface area contributed by atoms with Gasteiger partial charge >= 0.3 is 5.97 Å². The van der Waals surface area contributed by atoms with Crippen LogP contribution in [0.2, 0.25) is 10.3 Å². The number of carbonyl (C=O) groups is 1. The standard InChI is InChI=1S/C11H13Cl2N3O2/c12-9-6-8(11(13)15-14-9)16-4-2-1-3-7(16)5-10(17)18/h6-7H,1-5H2,(H,17,18). The Kier molecular flexibility index (Phi) is 4.24. The van der Waals surface area contributed by atoms with Crippen molar-refractivity contribution in [3.63, 3.8) is 0 Å². The molecule has 5 nitrogen and oxygen atoms in total. The average Bonchev–Trinajstić information content (AvgIpc) is 2.32. The summed E-state index contributed by atoms with van der Waals surface area (Å²) in [5.41, 5.74) is 0.669. The van der Waals surface area contributed by atoms with Gasteiger partial charge in [-0.15, -0.1) is 10.2 Å². The van der Waals surface area contributed by atoms with E-state index in [1.165, 1.54) is 0 Å². The summed E-state index contributed by atoms with van der Waals surface area (Å²) in [4.78, 5) is 12.9. The fraction of sp³-hybridized carbons (Fsp3) is 0.545. The lowest BCUT2D eigenvalue weighted by Crippen LogP contribution is -2.41. The molecule has 98 valence electrons. The van der Waals surface area contributed by atoms with Crippen molar-refractivity contribution in [2.24, 2.45) is 0 Å². The summed E-state index contributed by atoms with van der Waals surface area (Å²) in [6.45, 7) is 0.764.